The normalized spacial score (nSPS) is 16.4. The molecule has 1 fully saturated rings. The molecule has 0 spiro atoms. The van der Waals surface area contributed by atoms with Crippen molar-refractivity contribution < 1.29 is 18.0 Å². The lowest BCUT2D eigenvalue weighted by Crippen LogP contribution is -2.27. The Hall–Kier alpha value is -2.05. The van der Waals surface area contributed by atoms with E-state index in [1.165, 1.54) is 0 Å². The van der Waals surface area contributed by atoms with Crippen molar-refractivity contribution in [2.24, 2.45) is 0 Å². The van der Waals surface area contributed by atoms with E-state index in [1.54, 1.807) is 24.3 Å². The fraction of sp³-hybridized carbons (Fsp3) is 0.278. The van der Waals surface area contributed by atoms with E-state index >= 15 is 0 Å². The fourth-order valence-electron chi connectivity index (χ4n) is 2.91. The molecule has 3 rings (SSSR count). The number of hydrogen-bond acceptors (Lipinski definition) is 2. The molecule has 0 saturated carbocycles. The van der Waals surface area contributed by atoms with Crippen LogP contribution in [0.1, 0.15) is 19.3 Å². The Morgan fingerprint density at radius 1 is 1.16 bits per heavy atom. The number of carbonyl (C=O) groups excluding carboxylic acids is 1. The van der Waals surface area contributed by atoms with Crippen LogP contribution in [-0.2, 0) is 4.79 Å². The van der Waals surface area contributed by atoms with E-state index in [0.29, 0.717) is 17.7 Å². The van der Waals surface area contributed by atoms with Crippen LogP contribution in [-0.4, -0.2) is 18.5 Å². The molecule has 1 saturated heterocycles. The molecule has 25 heavy (non-hydrogen) atoms. The average molecular weight is 371 g/mol. The average Bonchev–Trinajstić information content (AvgIpc) is 3.05. The van der Waals surface area contributed by atoms with Crippen molar-refractivity contribution in [2.75, 3.05) is 11.9 Å². The largest absolute Gasteiger partial charge is 0.325 e. The Bertz CT molecular complexity index is 741. The van der Waals surface area contributed by atoms with Crippen molar-refractivity contribution in [3.05, 3.63) is 53.8 Å². The van der Waals surface area contributed by atoms with Crippen molar-refractivity contribution >= 4 is 24.0 Å². The van der Waals surface area contributed by atoms with Gasteiger partial charge in [0.1, 0.15) is 0 Å². The first-order valence-corrected chi connectivity index (χ1v) is 7.82. The highest BCUT2D eigenvalue weighted by Gasteiger charge is 2.19. The molecule has 0 bridgehead atoms. The summed E-state index contributed by atoms with van der Waals surface area (Å²) < 4.78 is 40.1. The third-order valence-electron chi connectivity index (χ3n) is 4.09. The molecule has 1 unspecified atom stereocenters. The number of nitrogens with one attached hydrogen (secondary N) is 2. The SMILES string of the molecule is Cl.O=C(CC1CCCN1)Nc1ccccc1-c1cc(F)c(F)c(F)c1. The molecule has 7 heteroatoms. The van der Waals surface area contributed by atoms with Gasteiger partial charge in [-0.2, -0.15) is 0 Å². The first-order valence-electron chi connectivity index (χ1n) is 7.82. The minimum absolute atomic E-state index is 0. The lowest BCUT2D eigenvalue weighted by molar-refractivity contribution is -0.116. The smallest absolute Gasteiger partial charge is 0.225 e. The van der Waals surface area contributed by atoms with Gasteiger partial charge in [-0.05, 0) is 43.1 Å². The predicted molar refractivity (Wildman–Crippen MR) is 93.3 cm³/mol. The maximum atomic E-state index is 13.5. The molecule has 2 aromatic rings. The molecule has 1 aliphatic heterocycles. The predicted octanol–water partition coefficient (Wildman–Crippen LogP) is 4.27. The van der Waals surface area contributed by atoms with E-state index in [1.807, 2.05) is 0 Å². The molecule has 1 amide bonds. The van der Waals surface area contributed by atoms with Gasteiger partial charge in [0.05, 0.1) is 0 Å². The van der Waals surface area contributed by atoms with Crippen LogP contribution in [0.3, 0.4) is 0 Å². The molecule has 1 heterocycles. The van der Waals surface area contributed by atoms with Gasteiger partial charge in [0, 0.05) is 23.7 Å². The number of para-hydroxylation sites is 1. The fourth-order valence-corrected chi connectivity index (χ4v) is 2.91. The molecule has 0 radical (unpaired) electrons. The molecule has 2 N–H and O–H groups in total. The van der Waals surface area contributed by atoms with Crippen LogP contribution in [0.25, 0.3) is 11.1 Å². The molecular weight excluding hydrogens is 353 g/mol. The maximum absolute atomic E-state index is 13.5. The van der Waals surface area contributed by atoms with Crippen LogP contribution in [0.5, 0.6) is 0 Å². The van der Waals surface area contributed by atoms with Gasteiger partial charge >= 0.3 is 0 Å². The second kappa shape index (κ2) is 8.36. The lowest BCUT2D eigenvalue weighted by Gasteiger charge is -2.14. The first kappa shape index (κ1) is 19.3. The zero-order valence-corrected chi connectivity index (χ0v) is 14.1. The molecule has 0 aromatic heterocycles. The minimum atomic E-state index is -1.51. The molecule has 3 nitrogen and oxygen atoms in total. The first-order chi connectivity index (χ1) is 11.5. The van der Waals surface area contributed by atoms with Crippen molar-refractivity contribution in [3.8, 4) is 11.1 Å². The maximum Gasteiger partial charge on any atom is 0.225 e. The van der Waals surface area contributed by atoms with E-state index in [-0.39, 0.29) is 29.9 Å². The molecule has 0 aliphatic carbocycles. The number of carbonyl (C=O) groups is 1. The third-order valence-corrected chi connectivity index (χ3v) is 4.09. The van der Waals surface area contributed by atoms with Crippen LogP contribution in [0, 0.1) is 17.5 Å². The van der Waals surface area contributed by atoms with Gasteiger partial charge in [-0.25, -0.2) is 13.2 Å². The summed E-state index contributed by atoms with van der Waals surface area (Å²) in [6.45, 7) is 0.905. The summed E-state index contributed by atoms with van der Waals surface area (Å²) in [7, 11) is 0. The van der Waals surface area contributed by atoms with E-state index < -0.39 is 17.5 Å². The quantitative estimate of drug-likeness (QED) is 0.789. The summed E-state index contributed by atoms with van der Waals surface area (Å²) in [5, 5.41) is 6.01. The Morgan fingerprint density at radius 2 is 1.84 bits per heavy atom. The van der Waals surface area contributed by atoms with Gasteiger partial charge in [0.15, 0.2) is 17.5 Å². The Morgan fingerprint density at radius 3 is 2.48 bits per heavy atom. The van der Waals surface area contributed by atoms with E-state index in [9.17, 15) is 18.0 Å². The second-order valence-electron chi connectivity index (χ2n) is 5.85. The topological polar surface area (TPSA) is 41.1 Å². The summed E-state index contributed by atoms with van der Waals surface area (Å²) in [5.74, 6) is -4.21. The van der Waals surface area contributed by atoms with Crippen molar-refractivity contribution in [2.45, 2.75) is 25.3 Å². The van der Waals surface area contributed by atoms with Gasteiger partial charge in [0.25, 0.3) is 0 Å². The summed E-state index contributed by atoms with van der Waals surface area (Å²) >= 11 is 0. The van der Waals surface area contributed by atoms with E-state index in [2.05, 4.69) is 10.6 Å². The number of anilines is 1. The van der Waals surface area contributed by atoms with Gasteiger partial charge in [-0.1, -0.05) is 18.2 Å². The van der Waals surface area contributed by atoms with Crippen LogP contribution >= 0.6 is 12.4 Å². The standard InChI is InChI=1S/C18H17F3N2O.ClH/c19-14-8-11(9-15(20)18(14)21)13-5-1-2-6-16(13)23-17(24)10-12-4-3-7-22-12;/h1-2,5-6,8-9,12,22H,3-4,7,10H2,(H,23,24);1H. The Balaban J connectivity index is 0.00000225. The Labute approximate surface area is 150 Å². The Kier molecular flexibility index (Phi) is 6.45. The van der Waals surface area contributed by atoms with Crippen molar-refractivity contribution in [1.82, 2.24) is 5.32 Å². The molecule has 1 aliphatic rings. The highest BCUT2D eigenvalue weighted by atomic mass is 35.5. The molecular formula is C18H18ClF3N2O. The van der Waals surface area contributed by atoms with Crippen LogP contribution < -0.4 is 10.6 Å². The lowest BCUT2D eigenvalue weighted by atomic mass is 10.0. The zero-order valence-electron chi connectivity index (χ0n) is 13.3. The van der Waals surface area contributed by atoms with Crippen LogP contribution in [0.4, 0.5) is 18.9 Å². The van der Waals surface area contributed by atoms with Crippen LogP contribution in [0.15, 0.2) is 36.4 Å². The summed E-state index contributed by atoms with van der Waals surface area (Å²) in [4.78, 5) is 12.2. The number of hydrogen-bond donors (Lipinski definition) is 2. The number of halogens is 4. The summed E-state index contributed by atoms with van der Waals surface area (Å²) in [6, 6.07) is 8.65. The second-order valence-corrected chi connectivity index (χ2v) is 5.85. The highest BCUT2D eigenvalue weighted by Crippen LogP contribution is 2.30. The van der Waals surface area contributed by atoms with E-state index in [0.717, 1.165) is 31.5 Å². The van der Waals surface area contributed by atoms with Gasteiger partial charge in [-0.3, -0.25) is 4.79 Å². The van der Waals surface area contributed by atoms with Crippen molar-refractivity contribution in [1.29, 1.82) is 0 Å². The van der Waals surface area contributed by atoms with Crippen molar-refractivity contribution in [3.63, 3.8) is 0 Å². The summed E-state index contributed by atoms with van der Waals surface area (Å²) in [6.07, 6.45) is 2.33. The summed E-state index contributed by atoms with van der Waals surface area (Å²) in [5.41, 5.74) is 1.04. The minimum Gasteiger partial charge on any atom is -0.325 e. The van der Waals surface area contributed by atoms with Crippen LogP contribution in [0.2, 0.25) is 0 Å². The highest BCUT2D eigenvalue weighted by molar-refractivity contribution is 5.95. The van der Waals surface area contributed by atoms with Gasteiger partial charge in [-0.15, -0.1) is 12.4 Å². The number of benzene rings is 2. The molecule has 1 atom stereocenters. The molecule has 134 valence electrons. The monoisotopic (exact) mass is 370 g/mol. The third kappa shape index (κ3) is 4.52. The number of amides is 1. The van der Waals surface area contributed by atoms with Gasteiger partial charge < -0.3 is 10.6 Å². The van der Waals surface area contributed by atoms with E-state index in [4.69, 9.17) is 0 Å². The zero-order chi connectivity index (χ0) is 17.1. The molecule has 2 aromatic carbocycles. The van der Waals surface area contributed by atoms with Gasteiger partial charge in [0.2, 0.25) is 5.91 Å². The number of rotatable bonds is 4.